The van der Waals surface area contributed by atoms with E-state index in [0.717, 1.165) is 12.3 Å². The molecular weight excluding hydrogens is 305 g/mol. The molecule has 1 aliphatic heterocycles. The van der Waals surface area contributed by atoms with E-state index in [-0.39, 0.29) is 24.0 Å². The average Bonchev–Trinajstić information content (AvgIpc) is 2.61. The Hall–Kier alpha value is -0.170. The van der Waals surface area contributed by atoms with Gasteiger partial charge in [0.25, 0.3) is 0 Å². The molecule has 15 heavy (non-hydrogen) atoms. The van der Waals surface area contributed by atoms with Gasteiger partial charge in [-0.3, -0.25) is 0 Å². The molecule has 1 N–H and O–H groups in total. The first-order chi connectivity index (χ1) is 6.86. The number of hydrogen-bond donors (Lipinski definition) is 1. The third kappa shape index (κ3) is 1.80. The maximum Gasteiger partial charge on any atom is 0.221 e. The standard InChI is InChI=1S/C10H15N3O.HI/c1-7-9-6-14-10-5-3-2-4-8(10)13(9)12-11-7;/h8,10H,2-6H2,1H3;1H. The predicted molar refractivity (Wildman–Crippen MR) is 49.6 cm³/mol. The van der Waals surface area contributed by atoms with E-state index in [1.807, 2.05) is 6.92 Å². The highest BCUT2D eigenvalue weighted by Crippen LogP contribution is 2.30. The molecule has 2 heterocycles. The summed E-state index contributed by atoms with van der Waals surface area (Å²) in [5.74, 6) is 0. The molecule has 2 atom stereocenters. The number of aromatic nitrogens is 3. The fourth-order valence-corrected chi connectivity index (χ4v) is 2.63. The summed E-state index contributed by atoms with van der Waals surface area (Å²) in [7, 11) is 0. The molecule has 1 aromatic rings. The van der Waals surface area contributed by atoms with Crippen LogP contribution < -0.4 is 28.7 Å². The number of H-pyrrole nitrogens is 1. The molecule has 1 saturated carbocycles. The number of nitrogens with one attached hydrogen (secondary N) is 1. The Morgan fingerprint density at radius 1 is 1.40 bits per heavy atom. The Bertz CT molecular complexity index is 352. The number of nitrogens with zero attached hydrogens (tertiary/aromatic N) is 2. The molecule has 0 radical (unpaired) electrons. The van der Waals surface area contributed by atoms with Gasteiger partial charge in [-0.15, -0.1) is 0 Å². The van der Waals surface area contributed by atoms with Gasteiger partial charge in [0, 0.05) is 12.0 Å². The van der Waals surface area contributed by atoms with E-state index in [0.29, 0.717) is 12.1 Å². The smallest absolute Gasteiger partial charge is 0.221 e. The van der Waals surface area contributed by atoms with E-state index in [4.69, 9.17) is 4.74 Å². The van der Waals surface area contributed by atoms with Crippen molar-refractivity contribution in [1.82, 2.24) is 10.3 Å². The fourth-order valence-electron chi connectivity index (χ4n) is 2.63. The molecule has 1 aromatic heterocycles. The Kier molecular flexibility index (Phi) is 3.30. The molecule has 0 spiro atoms. The highest BCUT2D eigenvalue weighted by Gasteiger charge is 2.38. The van der Waals surface area contributed by atoms with Crippen LogP contribution in [0, 0.1) is 6.92 Å². The molecule has 0 aromatic carbocycles. The number of hydrogen-bond acceptors (Lipinski definition) is 2. The molecule has 3 rings (SSSR count). The third-order valence-corrected chi connectivity index (χ3v) is 3.47. The van der Waals surface area contributed by atoms with Crippen LogP contribution in [0.2, 0.25) is 0 Å². The molecule has 84 valence electrons. The first-order valence-corrected chi connectivity index (χ1v) is 5.43. The lowest BCUT2D eigenvalue weighted by atomic mass is 9.91. The fraction of sp³-hybridized carbons (Fsp3) is 0.800. The normalized spacial score (nSPS) is 28.9. The van der Waals surface area contributed by atoms with Gasteiger partial charge in [-0.2, -0.15) is 4.68 Å². The van der Waals surface area contributed by atoms with Crippen LogP contribution in [0.5, 0.6) is 0 Å². The Labute approximate surface area is 106 Å². The Morgan fingerprint density at radius 3 is 3.07 bits per heavy atom. The lowest BCUT2D eigenvalue weighted by Gasteiger charge is -2.32. The maximum atomic E-state index is 5.87. The molecule has 0 amide bonds. The van der Waals surface area contributed by atoms with E-state index in [1.54, 1.807) is 0 Å². The number of halogens is 1. The van der Waals surface area contributed by atoms with Gasteiger partial charge in [0.15, 0.2) is 5.69 Å². The van der Waals surface area contributed by atoms with Gasteiger partial charge < -0.3 is 28.7 Å². The van der Waals surface area contributed by atoms with Crippen molar-refractivity contribution in [2.75, 3.05) is 0 Å². The van der Waals surface area contributed by atoms with E-state index >= 15 is 0 Å². The summed E-state index contributed by atoms with van der Waals surface area (Å²) in [5.41, 5.74) is 2.31. The molecule has 2 unspecified atom stereocenters. The Balaban J connectivity index is 0.000000853. The number of rotatable bonds is 0. The monoisotopic (exact) mass is 321 g/mol. The lowest BCUT2D eigenvalue weighted by Crippen LogP contribution is -3.00. The van der Waals surface area contributed by atoms with Crippen LogP contribution in [-0.2, 0) is 11.3 Å². The van der Waals surface area contributed by atoms with Gasteiger partial charge in [0.2, 0.25) is 5.69 Å². The molecular formula is C10H16IN3O. The maximum absolute atomic E-state index is 5.87. The largest absolute Gasteiger partial charge is 1.00 e. The topological polar surface area (TPSA) is 41.8 Å². The minimum Gasteiger partial charge on any atom is -1.00 e. The zero-order valence-electron chi connectivity index (χ0n) is 8.87. The number of aromatic amines is 1. The molecule has 1 fully saturated rings. The molecule has 5 heteroatoms. The summed E-state index contributed by atoms with van der Waals surface area (Å²) in [5, 5.41) is 7.36. The van der Waals surface area contributed by atoms with Gasteiger partial charge >= 0.3 is 0 Å². The van der Waals surface area contributed by atoms with Crippen molar-refractivity contribution in [3.05, 3.63) is 11.4 Å². The van der Waals surface area contributed by atoms with Crippen LogP contribution in [0.15, 0.2) is 0 Å². The Morgan fingerprint density at radius 2 is 2.20 bits per heavy atom. The second kappa shape index (κ2) is 4.37. The number of fused-ring (bicyclic) bond motifs is 3. The van der Waals surface area contributed by atoms with E-state index < -0.39 is 0 Å². The lowest BCUT2D eigenvalue weighted by molar-refractivity contribution is -0.801. The molecule has 4 nitrogen and oxygen atoms in total. The van der Waals surface area contributed by atoms with Crippen molar-refractivity contribution >= 4 is 0 Å². The van der Waals surface area contributed by atoms with Crippen LogP contribution in [-0.4, -0.2) is 16.4 Å². The van der Waals surface area contributed by atoms with Gasteiger partial charge in [0.05, 0.1) is 0 Å². The summed E-state index contributed by atoms with van der Waals surface area (Å²) < 4.78 is 8.09. The first-order valence-electron chi connectivity index (χ1n) is 5.43. The van der Waals surface area contributed by atoms with E-state index in [2.05, 4.69) is 15.0 Å². The first kappa shape index (κ1) is 11.3. The summed E-state index contributed by atoms with van der Waals surface area (Å²) in [6.07, 6.45) is 5.47. The van der Waals surface area contributed by atoms with E-state index in [1.165, 1.54) is 31.4 Å². The van der Waals surface area contributed by atoms with Crippen LogP contribution in [0.3, 0.4) is 0 Å². The zero-order valence-corrected chi connectivity index (χ0v) is 11.0. The van der Waals surface area contributed by atoms with Crippen molar-refractivity contribution in [2.24, 2.45) is 0 Å². The summed E-state index contributed by atoms with van der Waals surface area (Å²) >= 11 is 0. The summed E-state index contributed by atoms with van der Waals surface area (Å²) in [4.78, 5) is 0. The van der Waals surface area contributed by atoms with Crippen molar-refractivity contribution in [2.45, 2.75) is 51.4 Å². The highest BCUT2D eigenvalue weighted by atomic mass is 127. The predicted octanol–water partition coefficient (Wildman–Crippen LogP) is -1.98. The zero-order chi connectivity index (χ0) is 9.54. The SMILES string of the molecule is Cc1n[nH][n+]2c1COC1CCCCC12.[I-]. The second-order valence-corrected chi connectivity index (χ2v) is 4.32. The second-order valence-electron chi connectivity index (χ2n) is 4.32. The molecule has 0 bridgehead atoms. The summed E-state index contributed by atoms with van der Waals surface area (Å²) in [6.45, 7) is 2.76. The van der Waals surface area contributed by atoms with Crippen LogP contribution in [0.4, 0.5) is 0 Å². The van der Waals surface area contributed by atoms with Crippen molar-refractivity contribution < 1.29 is 33.4 Å². The number of ether oxygens (including phenoxy) is 1. The average molecular weight is 321 g/mol. The molecule has 1 aliphatic carbocycles. The molecule has 0 saturated heterocycles. The quantitative estimate of drug-likeness (QED) is 0.445. The van der Waals surface area contributed by atoms with Crippen LogP contribution in [0.25, 0.3) is 0 Å². The van der Waals surface area contributed by atoms with Gasteiger partial charge in [-0.1, -0.05) is 11.6 Å². The minimum atomic E-state index is 0. The van der Waals surface area contributed by atoms with Crippen LogP contribution >= 0.6 is 0 Å². The van der Waals surface area contributed by atoms with Crippen molar-refractivity contribution in [3.63, 3.8) is 0 Å². The molecule has 2 aliphatic rings. The third-order valence-electron chi connectivity index (χ3n) is 3.47. The van der Waals surface area contributed by atoms with Crippen molar-refractivity contribution in [1.29, 1.82) is 0 Å². The number of aryl methyl sites for hydroxylation is 1. The van der Waals surface area contributed by atoms with E-state index in [9.17, 15) is 0 Å². The van der Waals surface area contributed by atoms with Gasteiger partial charge in [-0.05, 0) is 19.3 Å². The van der Waals surface area contributed by atoms with Gasteiger partial charge in [0.1, 0.15) is 18.8 Å². The summed E-state index contributed by atoms with van der Waals surface area (Å²) in [6, 6.07) is 0.508. The van der Waals surface area contributed by atoms with Gasteiger partial charge in [-0.25, -0.2) is 0 Å². The van der Waals surface area contributed by atoms with Crippen LogP contribution in [0.1, 0.15) is 43.1 Å². The highest BCUT2D eigenvalue weighted by molar-refractivity contribution is 5.01. The van der Waals surface area contributed by atoms with Crippen molar-refractivity contribution in [3.8, 4) is 0 Å². The minimum absolute atomic E-state index is 0.